The Morgan fingerprint density at radius 2 is 1.94 bits per heavy atom. The molecule has 6 nitrogen and oxygen atoms in total. The molecule has 6 heteroatoms. The van der Waals surface area contributed by atoms with Gasteiger partial charge < -0.3 is 10.4 Å². The predicted octanol–water partition coefficient (Wildman–Crippen LogP) is 0.848. The van der Waals surface area contributed by atoms with Crippen LogP contribution in [0.1, 0.15) is 23.2 Å². The van der Waals surface area contributed by atoms with Gasteiger partial charge in [-0.1, -0.05) is 0 Å². The minimum Gasteiger partial charge on any atom is -0.393 e. The molecule has 0 atom stereocenters. The van der Waals surface area contributed by atoms with Crippen molar-refractivity contribution in [1.82, 2.24) is 5.32 Å². The number of carbonyl (C=O) groups is 1. The van der Waals surface area contributed by atoms with Crippen molar-refractivity contribution in [3.8, 4) is 0 Å². The quantitative estimate of drug-likeness (QED) is 0.601. The number of nitro benzene ring substituents is 1. The van der Waals surface area contributed by atoms with Crippen LogP contribution in [-0.2, 0) is 0 Å². The van der Waals surface area contributed by atoms with E-state index in [1.165, 1.54) is 24.3 Å². The minimum atomic E-state index is -0.510. The van der Waals surface area contributed by atoms with E-state index < -0.39 is 4.92 Å². The third kappa shape index (κ3) is 2.59. The molecule has 90 valence electrons. The van der Waals surface area contributed by atoms with Crippen molar-refractivity contribution in [2.75, 3.05) is 0 Å². The zero-order chi connectivity index (χ0) is 12.4. The number of non-ortho nitro benzene ring substituents is 1. The molecule has 0 saturated heterocycles. The lowest BCUT2D eigenvalue weighted by atomic mass is 9.89. The van der Waals surface area contributed by atoms with Crippen LogP contribution in [0.25, 0.3) is 0 Å². The van der Waals surface area contributed by atoms with Crippen molar-refractivity contribution in [3.63, 3.8) is 0 Å². The molecule has 0 bridgehead atoms. The van der Waals surface area contributed by atoms with Gasteiger partial charge in [-0.15, -0.1) is 0 Å². The Kier molecular flexibility index (Phi) is 3.06. The van der Waals surface area contributed by atoms with Crippen molar-refractivity contribution in [1.29, 1.82) is 0 Å². The fraction of sp³-hybridized carbons (Fsp3) is 0.364. The van der Waals surface area contributed by atoms with Crippen LogP contribution in [0.5, 0.6) is 0 Å². The van der Waals surface area contributed by atoms with E-state index in [1.807, 2.05) is 0 Å². The van der Waals surface area contributed by atoms with Crippen LogP contribution in [0.3, 0.4) is 0 Å². The summed E-state index contributed by atoms with van der Waals surface area (Å²) in [7, 11) is 0. The van der Waals surface area contributed by atoms with Crippen LogP contribution in [0, 0.1) is 10.1 Å². The normalized spacial score (nSPS) is 22.6. The summed E-state index contributed by atoms with van der Waals surface area (Å²) in [5.41, 5.74) is 0.345. The summed E-state index contributed by atoms with van der Waals surface area (Å²) in [6.45, 7) is 0. The van der Waals surface area contributed by atoms with Crippen molar-refractivity contribution in [2.45, 2.75) is 25.0 Å². The lowest BCUT2D eigenvalue weighted by molar-refractivity contribution is -0.384. The number of hydrogen-bond donors (Lipinski definition) is 2. The Bertz CT molecular complexity index is 437. The first-order chi connectivity index (χ1) is 8.06. The van der Waals surface area contributed by atoms with E-state index in [0.29, 0.717) is 18.4 Å². The summed E-state index contributed by atoms with van der Waals surface area (Å²) in [4.78, 5) is 21.6. The zero-order valence-corrected chi connectivity index (χ0v) is 9.00. The van der Waals surface area contributed by atoms with Gasteiger partial charge in [0.25, 0.3) is 11.6 Å². The lowest BCUT2D eigenvalue weighted by Gasteiger charge is -2.31. The van der Waals surface area contributed by atoms with Gasteiger partial charge in [0, 0.05) is 23.7 Å². The fourth-order valence-electron chi connectivity index (χ4n) is 1.71. The maximum Gasteiger partial charge on any atom is 0.269 e. The molecular formula is C11H12N2O4. The molecule has 1 aromatic rings. The first-order valence-electron chi connectivity index (χ1n) is 5.29. The number of aliphatic hydroxyl groups is 1. The summed E-state index contributed by atoms with van der Waals surface area (Å²) in [5.74, 6) is -0.267. The van der Waals surface area contributed by atoms with Gasteiger partial charge in [0.15, 0.2) is 0 Å². The number of hydrogen-bond acceptors (Lipinski definition) is 4. The Morgan fingerprint density at radius 3 is 2.41 bits per heavy atom. The molecule has 0 heterocycles. The molecular weight excluding hydrogens is 224 g/mol. The summed E-state index contributed by atoms with van der Waals surface area (Å²) in [6.07, 6.45) is 0.814. The molecule has 0 aromatic heterocycles. The molecule has 1 fully saturated rings. The van der Waals surface area contributed by atoms with E-state index in [-0.39, 0.29) is 23.7 Å². The second-order valence-corrected chi connectivity index (χ2v) is 4.10. The van der Waals surface area contributed by atoms with Gasteiger partial charge in [0.1, 0.15) is 0 Å². The standard InChI is InChI=1S/C11H12N2O4/c14-10-5-8(6-10)12-11(15)7-1-3-9(4-2-7)13(16)17/h1-4,8,10,14H,5-6H2,(H,12,15). The third-order valence-corrected chi connectivity index (χ3v) is 2.79. The summed E-state index contributed by atoms with van der Waals surface area (Å²) < 4.78 is 0. The van der Waals surface area contributed by atoms with Crippen LogP contribution >= 0.6 is 0 Å². The fourth-order valence-corrected chi connectivity index (χ4v) is 1.71. The topological polar surface area (TPSA) is 92.5 Å². The molecule has 0 radical (unpaired) electrons. The Labute approximate surface area is 97.4 Å². The largest absolute Gasteiger partial charge is 0.393 e. The summed E-state index contributed by atoms with van der Waals surface area (Å²) >= 11 is 0. The van der Waals surface area contributed by atoms with Gasteiger partial charge in [-0.3, -0.25) is 14.9 Å². The molecule has 1 saturated carbocycles. The Hall–Kier alpha value is -1.95. The highest BCUT2D eigenvalue weighted by molar-refractivity contribution is 5.94. The van der Waals surface area contributed by atoms with Crippen molar-refractivity contribution >= 4 is 11.6 Å². The smallest absolute Gasteiger partial charge is 0.269 e. The highest BCUT2D eigenvalue weighted by Gasteiger charge is 2.28. The van der Waals surface area contributed by atoms with Gasteiger partial charge in [-0.05, 0) is 25.0 Å². The number of aliphatic hydroxyl groups excluding tert-OH is 1. The van der Waals surface area contributed by atoms with Gasteiger partial charge in [0.2, 0.25) is 0 Å². The maximum atomic E-state index is 11.7. The van der Waals surface area contributed by atoms with Crippen molar-refractivity contribution in [3.05, 3.63) is 39.9 Å². The predicted molar refractivity (Wildman–Crippen MR) is 59.6 cm³/mol. The number of amides is 1. The summed E-state index contributed by atoms with van der Waals surface area (Å²) in [5, 5.41) is 22.2. The van der Waals surface area contributed by atoms with Gasteiger partial charge >= 0.3 is 0 Å². The highest BCUT2D eigenvalue weighted by Crippen LogP contribution is 2.20. The zero-order valence-electron chi connectivity index (χ0n) is 9.00. The average molecular weight is 236 g/mol. The Morgan fingerprint density at radius 1 is 1.35 bits per heavy atom. The summed E-state index contributed by atoms with van der Waals surface area (Å²) in [6, 6.07) is 5.44. The SMILES string of the molecule is O=C(NC1CC(O)C1)c1ccc([N+](=O)[O-])cc1. The number of carbonyl (C=O) groups excluding carboxylic acids is 1. The molecule has 0 spiro atoms. The van der Waals surface area contributed by atoms with E-state index in [9.17, 15) is 14.9 Å². The number of nitrogens with zero attached hydrogens (tertiary/aromatic N) is 1. The van der Waals surface area contributed by atoms with Crippen molar-refractivity contribution in [2.24, 2.45) is 0 Å². The first kappa shape index (κ1) is 11.5. The molecule has 1 aliphatic carbocycles. The molecule has 17 heavy (non-hydrogen) atoms. The average Bonchev–Trinajstić information content (AvgIpc) is 2.27. The van der Waals surface area contributed by atoms with Crippen LogP contribution in [0.4, 0.5) is 5.69 Å². The minimum absolute atomic E-state index is 0.00712. The van der Waals surface area contributed by atoms with Crippen LogP contribution < -0.4 is 5.32 Å². The highest BCUT2D eigenvalue weighted by atomic mass is 16.6. The van der Waals surface area contributed by atoms with Crippen molar-refractivity contribution < 1.29 is 14.8 Å². The number of nitrogens with one attached hydrogen (secondary N) is 1. The molecule has 0 unspecified atom stereocenters. The first-order valence-corrected chi connectivity index (χ1v) is 5.29. The molecule has 2 rings (SSSR count). The number of nitro groups is 1. The Balaban J connectivity index is 1.97. The number of rotatable bonds is 3. The van der Waals surface area contributed by atoms with Gasteiger partial charge in [-0.2, -0.15) is 0 Å². The van der Waals surface area contributed by atoms with E-state index in [1.54, 1.807) is 0 Å². The number of benzene rings is 1. The van der Waals surface area contributed by atoms with Gasteiger partial charge in [0.05, 0.1) is 11.0 Å². The molecule has 1 aliphatic rings. The molecule has 2 N–H and O–H groups in total. The van der Waals surface area contributed by atoms with E-state index in [4.69, 9.17) is 5.11 Å². The second kappa shape index (κ2) is 4.50. The molecule has 1 aromatic carbocycles. The second-order valence-electron chi connectivity index (χ2n) is 4.10. The molecule has 0 aliphatic heterocycles. The van der Waals surface area contributed by atoms with Gasteiger partial charge in [-0.25, -0.2) is 0 Å². The van der Waals surface area contributed by atoms with Crippen LogP contribution in [-0.4, -0.2) is 28.1 Å². The maximum absolute atomic E-state index is 11.7. The van der Waals surface area contributed by atoms with E-state index in [2.05, 4.69) is 5.32 Å². The third-order valence-electron chi connectivity index (χ3n) is 2.79. The molecule has 1 amide bonds. The van der Waals surface area contributed by atoms with E-state index >= 15 is 0 Å². The monoisotopic (exact) mass is 236 g/mol. The van der Waals surface area contributed by atoms with Crippen LogP contribution in [0.2, 0.25) is 0 Å². The van der Waals surface area contributed by atoms with E-state index in [0.717, 1.165) is 0 Å². The lowest BCUT2D eigenvalue weighted by Crippen LogP contribution is -2.46. The van der Waals surface area contributed by atoms with Crippen LogP contribution in [0.15, 0.2) is 24.3 Å².